The fourth-order valence-electron chi connectivity index (χ4n) is 1.83. The molecule has 0 aliphatic heterocycles. The van der Waals surface area contributed by atoms with Gasteiger partial charge in [-0.3, -0.25) is 9.59 Å². The fourth-order valence-corrected chi connectivity index (χ4v) is 2.32. The molecule has 0 radical (unpaired) electrons. The molecule has 0 saturated heterocycles. The first-order valence-electron chi connectivity index (χ1n) is 6.22. The minimum Gasteiger partial charge on any atom is -0.360 e. The summed E-state index contributed by atoms with van der Waals surface area (Å²) in [4.78, 5) is 27.2. The van der Waals surface area contributed by atoms with E-state index in [-0.39, 0.29) is 16.9 Å². The van der Waals surface area contributed by atoms with Gasteiger partial charge in [-0.25, -0.2) is 0 Å². The van der Waals surface area contributed by atoms with Crippen LogP contribution in [0.1, 0.15) is 30.1 Å². The van der Waals surface area contributed by atoms with Crippen molar-refractivity contribution in [1.29, 1.82) is 0 Å². The topological polar surface area (TPSA) is 62.0 Å². The van der Waals surface area contributed by atoms with Crippen molar-refractivity contribution in [2.75, 3.05) is 6.54 Å². The van der Waals surface area contributed by atoms with Crippen LogP contribution in [-0.2, 0) is 0 Å². The van der Waals surface area contributed by atoms with Crippen LogP contribution in [-0.4, -0.2) is 17.4 Å². The largest absolute Gasteiger partial charge is 0.360 e. The molecule has 1 amide bonds. The maximum Gasteiger partial charge on any atom is 0.256 e. The van der Waals surface area contributed by atoms with Crippen molar-refractivity contribution >= 4 is 39.4 Å². The number of hydrogen-bond acceptors (Lipinski definition) is 2. The van der Waals surface area contributed by atoms with Crippen LogP contribution in [0.15, 0.2) is 29.2 Å². The molecule has 2 N–H and O–H groups in total. The highest BCUT2D eigenvalue weighted by Crippen LogP contribution is 2.12. The number of fused-ring (bicyclic) bond motifs is 1. The molecule has 0 spiro atoms. The van der Waals surface area contributed by atoms with Crippen LogP contribution < -0.4 is 10.7 Å². The summed E-state index contributed by atoms with van der Waals surface area (Å²) in [7, 11) is 0. The number of aromatic amines is 1. The van der Waals surface area contributed by atoms with E-state index < -0.39 is 0 Å². The van der Waals surface area contributed by atoms with E-state index in [1.165, 1.54) is 6.20 Å². The van der Waals surface area contributed by atoms with Crippen molar-refractivity contribution in [3.05, 3.63) is 43.8 Å². The first-order valence-corrected chi connectivity index (χ1v) is 7.30. The first-order chi connectivity index (χ1) is 9.13. The van der Waals surface area contributed by atoms with Gasteiger partial charge in [-0.05, 0) is 47.2 Å². The molecule has 0 saturated carbocycles. The molecule has 2 rings (SSSR count). The number of nitrogens with one attached hydrogen (secondary N) is 2. The van der Waals surface area contributed by atoms with Crippen molar-refractivity contribution in [2.24, 2.45) is 0 Å². The number of benzene rings is 1. The zero-order chi connectivity index (χ0) is 13.8. The highest BCUT2D eigenvalue weighted by molar-refractivity contribution is 14.1. The summed E-state index contributed by atoms with van der Waals surface area (Å²) in [6, 6.07) is 5.55. The highest BCUT2D eigenvalue weighted by Gasteiger charge is 2.12. The molecule has 19 heavy (non-hydrogen) atoms. The number of hydrogen-bond donors (Lipinski definition) is 2. The monoisotopic (exact) mass is 370 g/mol. The van der Waals surface area contributed by atoms with Crippen LogP contribution in [0.3, 0.4) is 0 Å². The second kappa shape index (κ2) is 6.18. The molecule has 100 valence electrons. The molecular weight excluding hydrogens is 355 g/mol. The third-order valence-electron chi connectivity index (χ3n) is 2.90. The summed E-state index contributed by atoms with van der Waals surface area (Å²) >= 11 is 2.15. The van der Waals surface area contributed by atoms with E-state index >= 15 is 0 Å². The van der Waals surface area contributed by atoms with Gasteiger partial charge < -0.3 is 10.3 Å². The number of unbranched alkanes of at least 4 members (excludes halogenated alkanes) is 1. The maximum absolute atomic E-state index is 12.3. The number of amides is 1. The standard InChI is InChI=1S/C14H15IN2O2/c1-2-3-6-16-14(19)11-8-17-12-5-4-9(15)7-10(12)13(11)18/h4-5,7-8H,2-3,6H2,1H3,(H,16,19)(H,17,18). The maximum atomic E-state index is 12.3. The molecule has 0 unspecified atom stereocenters. The van der Waals surface area contributed by atoms with Crippen LogP contribution in [0.4, 0.5) is 0 Å². The van der Waals surface area contributed by atoms with Crippen molar-refractivity contribution in [3.63, 3.8) is 0 Å². The number of H-pyrrole nitrogens is 1. The Labute approximate surface area is 124 Å². The Bertz CT molecular complexity index is 664. The van der Waals surface area contributed by atoms with Gasteiger partial charge >= 0.3 is 0 Å². The Hall–Kier alpha value is -1.37. The van der Waals surface area contributed by atoms with Gasteiger partial charge in [-0.1, -0.05) is 13.3 Å². The number of halogens is 1. The van der Waals surface area contributed by atoms with Gasteiger partial charge in [0.25, 0.3) is 5.91 Å². The molecule has 0 aliphatic rings. The molecule has 5 heteroatoms. The van der Waals surface area contributed by atoms with E-state index in [2.05, 4.69) is 39.8 Å². The Morgan fingerprint density at radius 1 is 1.42 bits per heavy atom. The predicted octanol–water partition coefficient (Wildman–Crippen LogP) is 2.66. The quantitative estimate of drug-likeness (QED) is 0.642. The van der Waals surface area contributed by atoms with Crippen LogP contribution in [0.25, 0.3) is 10.9 Å². The highest BCUT2D eigenvalue weighted by atomic mass is 127. The summed E-state index contributed by atoms with van der Waals surface area (Å²) in [5.41, 5.74) is 0.697. The molecule has 2 aromatic rings. The molecule has 0 aliphatic carbocycles. The lowest BCUT2D eigenvalue weighted by Crippen LogP contribution is -2.29. The average molecular weight is 370 g/mol. The van der Waals surface area contributed by atoms with Gasteiger partial charge in [0.2, 0.25) is 5.43 Å². The molecule has 0 fully saturated rings. The SMILES string of the molecule is CCCCNC(=O)c1c[nH]c2ccc(I)cc2c1=O. The van der Waals surface area contributed by atoms with Gasteiger partial charge in [-0.2, -0.15) is 0 Å². The summed E-state index contributed by atoms with van der Waals surface area (Å²) in [6.07, 6.45) is 3.40. The number of rotatable bonds is 4. The second-order valence-electron chi connectivity index (χ2n) is 4.33. The Balaban J connectivity index is 2.37. The molecule has 0 bridgehead atoms. The number of pyridine rings is 1. The minimum absolute atomic E-state index is 0.172. The van der Waals surface area contributed by atoms with E-state index in [0.29, 0.717) is 11.9 Å². The van der Waals surface area contributed by atoms with E-state index in [4.69, 9.17) is 0 Å². The minimum atomic E-state index is -0.310. The molecule has 1 aromatic carbocycles. The van der Waals surface area contributed by atoms with Crippen LogP contribution in [0.2, 0.25) is 0 Å². The average Bonchev–Trinajstić information content (AvgIpc) is 2.40. The van der Waals surface area contributed by atoms with Crippen molar-refractivity contribution in [3.8, 4) is 0 Å². The van der Waals surface area contributed by atoms with Gasteiger partial charge in [0.1, 0.15) is 5.56 Å². The van der Waals surface area contributed by atoms with Crippen LogP contribution in [0, 0.1) is 3.57 Å². The molecule has 1 aromatic heterocycles. The van der Waals surface area contributed by atoms with Gasteiger partial charge in [-0.15, -0.1) is 0 Å². The van der Waals surface area contributed by atoms with Gasteiger partial charge in [0.05, 0.1) is 0 Å². The number of carbonyl (C=O) groups is 1. The van der Waals surface area contributed by atoms with E-state index in [9.17, 15) is 9.59 Å². The predicted molar refractivity (Wildman–Crippen MR) is 84.5 cm³/mol. The van der Waals surface area contributed by atoms with Gasteiger partial charge in [0, 0.05) is 27.2 Å². The summed E-state index contributed by atoms with van der Waals surface area (Å²) in [6.45, 7) is 2.65. The zero-order valence-corrected chi connectivity index (χ0v) is 12.8. The van der Waals surface area contributed by atoms with E-state index in [0.717, 1.165) is 21.9 Å². The Kier molecular flexibility index (Phi) is 4.57. The van der Waals surface area contributed by atoms with Crippen molar-refractivity contribution < 1.29 is 4.79 Å². The van der Waals surface area contributed by atoms with Crippen LogP contribution >= 0.6 is 22.6 Å². The Morgan fingerprint density at radius 3 is 2.95 bits per heavy atom. The van der Waals surface area contributed by atoms with E-state index in [1.807, 2.05) is 12.1 Å². The lowest BCUT2D eigenvalue weighted by Gasteiger charge is -2.05. The molecule has 0 atom stereocenters. The Morgan fingerprint density at radius 2 is 2.21 bits per heavy atom. The zero-order valence-electron chi connectivity index (χ0n) is 10.6. The normalized spacial score (nSPS) is 10.6. The molecule has 1 heterocycles. The fraction of sp³-hybridized carbons (Fsp3) is 0.286. The van der Waals surface area contributed by atoms with Gasteiger partial charge in [0.15, 0.2) is 0 Å². The summed E-state index contributed by atoms with van der Waals surface area (Å²) in [5, 5.41) is 3.31. The number of aromatic nitrogens is 1. The van der Waals surface area contributed by atoms with Crippen molar-refractivity contribution in [2.45, 2.75) is 19.8 Å². The number of carbonyl (C=O) groups excluding carboxylic acids is 1. The molecular formula is C14H15IN2O2. The van der Waals surface area contributed by atoms with Crippen molar-refractivity contribution in [1.82, 2.24) is 10.3 Å². The van der Waals surface area contributed by atoms with Crippen LogP contribution in [0.5, 0.6) is 0 Å². The molecule has 4 nitrogen and oxygen atoms in total. The smallest absolute Gasteiger partial charge is 0.256 e. The second-order valence-corrected chi connectivity index (χ2v) is 5.58. The third kappa shape index (κ3) is 3.15. The summed E-state index contributed by atoms with van der Waals surface area (Å²) in [5.74, 6) is -0.310. The lowest BCUT2D eigenvalue weighted by molar-refractivity contribution is 0.0952. The lowest BCUT2D eigenvalue weighted by atomic mass is 10.1. The summed E-state index contributed by atoms with van der Waals surface area (Å²) < 4.78 is 0.971. The first kappa shape index (κ1) is 14.0. The third-order valence-corrected chi connectivity index (χ3v) is 3.57. The van der Waals surface area contributed by atoms with E-state index in [1.54, 1.807) is 6.07 Å².